The lowest BCUT2D eigenvalue weighted by molar-refractivity contribution is -0.172. The minimum Gasteiger partial charge on any atom is -0.458 e. The summed E-state index contributed by atoms with van der Waals surface area (Å²) in [6.07, 6.45) is 3.26. The molecule has 0 aliphatic carbocycles. The first-order valence-corrected chi connectivity index (χ1v) is 11.8. The minimum atomic E-state index is -1.81. The summed E-state index contributed by atoms with van der Waals surface area (Å²) in [5.74, 6) is -0.703. The zero-order valence-electron chi connectivity index (χ0n) is 19.1. The Morgan fingerprint density at radius 3 is 2.79 bits per heavy atom. The van der Waals surface area contributed by atoms with Gasteiger partial charge in [0, 0.05) is 16.5 Å². The third kappa shape index (κ3) is 3.38. The fourth-order valence-electron chi connectivity index (χ4n) is 5.04. The molecule has 0 radical (unpaired) electrons. The minimum absolute atomic E-state index is 0.116. The van der Waals surface area contributed by atoms with Crippen molar-refractivity contribution in [2.45, 2.75) is 58.3 Å². The lowest BCUT2D eigenvalue weighted by atomic mass is 9.86. The standard InChI is InChI=1S/C26H29N3O4/c1-3-5-11-27-12-10-16-17-8-6-7-9-21(17)28-23-18(16)14-29-22(23)13-20-19(24(29)30)15-33-25(31)26(20,32)4-2/h6-9,13,27,32H,3-5,10-12,14-15H2,1-2H3/t26-/m0/s1. The van der Waals surface area contributed by atoms with Crippen LogP contribution in [0.15, 0.2) is 35.1 Å². The predicted octanol–water partition coefficient (Wildman–Crippen LogP) is 3.01. The molecule has 0 unspecified atom stereocenters. The highest BCUT2D eigenvalue weighted by Crippen LogP contribution is 2.40. The van der Waals surface area contributed by atoms with Crippen molar-refractivity contribution >= 4 is 16.9 Å². The maximum absolute atomic E-state index is 13.4. The van der Waals surface area contributed by atoms with Gasteiger partial charge >= 0.3 is 5.97 Å². The van der Waals surface area contributed by atoms with E-state index in [9.17, 15) is 14.7 Å². The number of pyridine rings is 2. The number of rotatable bonds is 7. The molecule has 3 aromatic rings. The van der Waals surface area contributed by atoms with Crippen molar-refractivity contribution in [2.75, 3.05) is 13.1 Å². The van der Waals surface area contributed by atoms with Crippen molar-refractivity contribution in [3.05, 3.63) is 62.9 Å². The number of aromatic nitrogens is 2. The average Bonchev–Trinajstić information content (AvgIpc) is 3.20. The summed E-state index contributed by atoms with van der Waals surface area (Å²) in [5.41, 5.74) is 3.19. The Bertz CT molecular complexity index is 1310. The second-order valence-electron chi connectivity index (χ2n) is 8.89. The van der Waals surface area contributed by atoms with E-state index in [1.165, 1.54) is 5.56 Å². The number of aliphatic hydroxyl groups is 1. The van der Waals surface area contributed by atoms with Crippen LogP contribution in [-0.4, -0.2) is 33.7 Å². The number of nitrogens with zero attached hydrogens (tertiary/aromatic N) is 2. The van der Waals surface area contributed by atoms with E-state index in [1.807, 2.05) is 18.2 Å². The summed E-state index contributed by atoms with van der Waals surface area (Å²) < 4.78 is 6.88. The van der Waals surface area contributed by atoms with Gasteiger partial charge in [0.25, 0.3) is 5.56 Å². The van der Waals surface area contributed by atoms with Crippen molar-refractivity contribution in [1.82, 2.24) is 14.9 Å². The Morgan fingerprint density at radius 2 is 2.00 bits per heavy atom. The number of hydrogen-bond donors (Lipinski definition) is 2. The number of hydrogen-bond acceptors (Lipinski definition) is 6. The molecule has 2 aliphatic heterocycles. The molecule has 0 spiro atoms. The predicted molar refractivity (Wildman–Crippen MR) is 126 cm³/mol. The summed E-state index contributed by atoms with van der Waals surface area (Å²) in [6.45, 7) is 6.03. The normalized spacial score (nSPS) is 18.7. The molecule has 1 atom stereocenters. The molecule has 2 aromatic heterocycles. The number of carbonyl (C=O) groups excluding carboxylic acids is 1. The van der Waals surface area contributed by atoms with Gasteiger partial charge in [-0.1, -0.05) is 38.5 Å². The smallest absolute Gasteiger partial charge is 0.343 e. The van der Waals surface area contributed by atoms with E-state index in [1.54, 1.807) is 17.6 Å². The fraction of sp³-hybridized carbons (Fsp3) is 0.423. The van der Waals surface area contributed by atoms with E-state index in [0.717, 1.165) is 54.5 Å². The average molecular weight is 448 g/mol. The van der Waals surface area contributed by atoms with Crippen LogP contribution in [0.5, 0.6) is 0 Å². The van der Waals surface area contributed by atoms with Gasteiger partial charge in [-0.2, -0.15) is 0 Å². The molecule has 33 heavy (non-hydrogen) atoms. The van der Waals surface area contributed by atoms with E-state index in [0.29, 0.717) is 23.4 Å². The molecule has 0 saturated heterocycles. The highest BCUT2D eigenvalue weighted by Gasteiger charge is 2.45. The molecule has 0 bridgehead atoms. The molecule has 4 heterocycles. The summed E-state index contributed by atoms with van der Waals surface area (Å²) in [4.78, 5) is 30.7. The van der Waals surface area contributed by atoms with Crippen molar-refractivity contribution < 1.29 is 14.6 Å². The molecule has 7 heteroatoms. The molecular weight excluding hydrogens is 418 g/mol. The van der Waals surface area contributed by atoms with Crippen LogP contribution in [0, 0.1) is 0 Å². The Labute approximate surface area is 192 Å². The van der Waals surface area contributed by atoms with Gasteiger partial charge < -0.3 is 19.7 Å². The number of cyclic esters (lactones) is 1. The van der Waals surface area contributed by atoms with E-state index in [4.69, 9.17) is 9.72 Å². The molecule has 7 nitrogen and oxygen atoms in total. The second kappa shape index (κ2) is 8.39. The van der Waals surface area contributed by atoms with Crippen LogP contribution in [0.25, 0.3) is 22.3 Å². The first-order chi connectivity index (χ1) is 16.0. The quantitative estimate of drug-likeness (QED) is 0.334. The van der Waals surface area contributed by atoms with Gasteiger partial charge in [0.1, 0.15) is 6.61 Å². The number of benzene rings is 1. The van der Waals surface area contributed by atoms with Crippen LogP contribution in [-0.2, 0) is 34.7 Å². The molecule has 1 aromatic carbocycles. The lowest BCUT2D eigenvalue weighted by Crippen LogP contribution is -2.44. The topological polar surface area (TPSA) is 93.5 Å². The third-order valence-corrected chi connectivity index (χ3v) is 6.97. The van der Waals surface area contributed by atoms with E-state index in [2.05, 4.69) is 18.3 Å². The lowest BCUT2D eigenvalue weighted by Gasteiger charge is -2.31. The third-order valence-electron chi connectivity index (χ3n) is 6.97. The van der Waals surface area contributed by atoms with Crippen LogP contribution in [0.4, 0.5) is 0 Å². The van der Waals surface area contributed by atoms with E-state index in [-0.39, 0.29) is 18.6 Å². The van der Waals surface area contributed by atoms with Crippen LogP contribution < -0.4 is 10.9 Å². The SMILES string of the molecule is CCCCNCCc1c2c(nc3ccccc13)-c1cc3c(c(=O)n1C2)COC(=O)[C@]3(O)CC. The number of nitrogens with one attached hydrogen (secondary N) is 1. The first-order valence-electron chi connectivity index (χ1n) is 11.8. The van der Waals surface area contributed by atoms with Gasteiger partial charge in [-0.3, -0.25) is 4.79 Å². The van der Waals surface area contributed by atoms with Crippen molar-refractivity contribution in [3.63, 3.8) is 0 Å². The van der Waals surface area contributed by atoms with Crippen LogP contribution in [0.2, 0.25) is 0 Å². The second-order valence-corrected chi connectivity index (χ2v) is 8.89. The number of unbranched alkanes of at least 4 members (excludes halogenated alkanes) is 1. The zero-order chi connectivity index (χ0) is 23.2. The fourth-order valence-corrected chi connectivity index (χ4v) is 5.04. The van der Waals surface area contributed by atoms with Gasteiger partial charge in [0.2, 0.25) is 0 Å². The Kier molecular flexibility index (Phi) is 5.54. The Hall–Kier alpha value is -3.03. The van der Waals surface area contributed by atoms with Gasteiger partial charge in [0.05, 0.1) is 29.0 Å². The van der Waals surface area contributed by atoms with Crippen molar-refractivity contribution in [1.29, 1.82) is 0 Å². The van der Waals surface area contributed by atoms with Gasteiger partial charge in [0.15, 0.2) is 5.60 Å². The van der Waals surface area contributed by atoms with Crippen LogP contribution in [0.1, 0.15) is 55.4 Å². The molecule has 2 aliphatic rings. The summed E-state index contributed by atoms with van der Waals surface area (Å²) >= 11 is 0. The highest BCUT2D eigenvalue weighted by molar-refractivity contribution is 5.89. The van der Waals surface area contributed by atoms with E-state index >= 15 is 0 Å². The molecular formula is C26H29N3O4. The van der Waals surface area contributed by atoms with Crippen LogP contribution in [0.3, 0.4) is 0 Å². The highest BCUT2D eigenvalue weighted by atomic mass is 16.6. The summed E-state index contributed by atoms with van der Waals surface area (Å²) in [6, 6.07) is 9.83. The van der Waals surface area contributed by atoms with Crippen LogP contribution >= 0.6 is 0 Å². The number of fused-ring (bicyclic) bond motifs is 5. The molecule has 172 valence electrons. The summed E-state index contributed by atoms with van der Waals surface area (Å²) in [7, 11) is 0. The Morgan fingerprint density at radius 1 is 1.18 bits per heavy atom. The zero-order valence-corrected chi connectivity index (χ0v) is 19.1. The van der Waals surface area contributed by atoms with Crippen molar-refractivity contribution in [3.8, 4) is 11.4 Å². The number of carbonyl (C=O) groups is 1. The maximum Gasteiger partial charge on any atom is 0.343 e. The maximum atomic E-state index is 13.4. The van der Waals surface area contributed by atoms with Crippen molar-refractivity contribution in [2.24, 2.45) is 0 Å². The summed E-state index contributed by atoms with van der Waals surface area (Å²) in [5, 5.41) is 15.7. The number of ether oxygens (including phenoxy) is 1. The van der Waals surface area contributed by atoms with E-state index < -0.39 is 11.6 Å². The molecule has 0 fully saturated rings. The molecule has 0 saturated carbocycles. The number of para-hydroxylation sites is 1. The molecule has 2 N–H and O–H groups in total. The monoisotopic (exact) mass is 447 g/mol. The van der Waals surface area contributed by atoms with Gasteiger partial charge in [-0.15, -0.1) is 0 Å². The van der Waals surface area contributed by atoms with Gasteiger partial charge in [-0.05, 0) is 50.0 Å². The largest absolute Gasteiger partial charge is 0.458 e. The first kappa shape index (κ1) is 21.8. The molecule has 5 rings (SSSR count). The number of esters is 1. The Balaban J connectivity index is 1.66. The van der Waals surface area contributed by atoms with Gasteiger partial charge in [-0.25, -0.2) is 9.78 Å². The molecule has 0 amide bonds.